The first-order valence-electron chi connectivity index (χ1n) is 8.38. The van der Waals surface area contributed by atoms with Crippen molar-refractivity contribution < 1.29 is 19.4 Å². The SMILES string of the molecule is CCCC(CNC(=O)c1ccccc1COc1ccccc1)C(=O)O. The second-order valence-corrected chi connectivity index (χ2v) is 5.79. The normalized spacial score (nSPS) is 11.6. The molecule has 1 amide bonds. The first-order chi connectivity index (χ1) is 12.1. The van der Waals surface area contributed by atoms with Gasteiger partial charge in [-0.3, -0.25) is 9.59 Å². The molecule has 0 aliphatic heterocycles. The fraction of sp³-hybridized carbons (Fsp3) is 0.300. The highest BCUT2D eigenvalue weighted by Gasteiger charge is 2.18. The van der Waals surface area contributed by atoms with E-state index in [1.54, 1.807) is 12.1 Å². The van der Waals surface area contributed by atoms with Crippen molar-refractivity contribution in [2.24, 2.45) is 5.92 Å². The van der Waals surface area contributed by atoms with Crippen LogP contribution in [0, 0.1) is 5.92 Å². The fourth-order valence-electron chi connectivity index (χ4n) is 2.52. The lowest BCUT2D eigenvalue weighted by molar-refractivity contribution is -0.141. The monoisotopic (exact) mass is 341 g/mol. The lowest BCUT2D eigenvalue weighted by Crippen LogP contribution is -2.33. The summed E-state index contributed by atoms with van der Waals surface area (Å²) in [5.74, 6) is -1.01. The zero-order chi connectivity index (χ0) is 18.1. The van der Waals surface area contributed by atoms with E-state index < -0.39 is 11.9 Å². The quantitative estimate of drug-likeness (QED) is 0.732. The van der Waals surface area contributed by atoms with Gasteiger partial charge in [0.1, 0.15) is 12.4 Å². The number of carbonyl (C=O) groups is 2. The van der Waals surface area contributed by atoms with Crippen LogP contribution in [-0.2, 0) is 11.4 Å². The summed E-state index contributed by atoms with van der Waals surface area (Å²) in [6.45, 7) is 2.31. The van der Waals surface area contributed by atoms with Crippen molar-refractivity contribution >= 4 is 11.9 Å². The van der Waals surface area contributed by atoms with E-state index in [2.05, 4.69) is 5.32 Å². The topological polar surface area (TPSA) is 75.6 Å². The molecule has 0 saturated heterocycles. The highest BCUT2D eigenvalue weighted by Crippen LogP contribution is 2.15. The van der Waals surface area contributed by atoms with Crippen molar-refractivity contribution in [2.45, 2.75) is 26.4 Å². The molecule has 5 nitrogen and oxygen atoms in total. The van der Waals surface area contributed by atoms with Crippen molar-refractivity contribution in [1.82, 2.24) is 5.32 Å². The fourth-order valence-corrected chi connectivity index (χ4v) is 2.52. The third kappa shape index (κ3) is 5.64. The average Bonchev–Trinajstić information content (AvgIpc) is 2.64. The van der Waals surface area contributed by atoms with Gasteiger partial charge in [-0.15, -0.1) is 0 Å². The second-order valence-electron chi connectivity index (χ2n) is 5.79. The molecule has 0 heterocycles. The van der Waals surface area contributed by atoms with Gasteiger partial charge in [0.05, 0.1) is 5.92 Å². The summed E-state index contributed by atoms with van der Waals surface area (Å²) in [7, 11) is 0. The molecule has 1 unspecified atom stereocenters. The Labute approximate surface area is 147 Å². The highest BCUT2D eigenvalue weighted by atomic mass is 16.5. The molecule has 0 radical (unpaired) electrons. The smallest absolute Gasteiger partial charge is 0.308 e. The lowest BCUT2D eigenvalue weighted by atomic mass is 10.0. The second kappa shape index (κ2) is 9.47. The van der Waals surface area contributed by atoms with Crippen LogP contribution < -0.4 is 10.1 Å². The van der Waals surface area contributed by atoms with Crippen LogP contribution in [0.3, 0.4) is 0 Å². The van der Waals surface area contributed by atoms with Gasteiger partial charge in [0, 0.05) is 17.7 Å². The molecule has 25 heavy (non-hydrogen) atoms. The van der Waals surface area contributed by atoms with Crippen molar-refractivity contribution in [1.29, 1.82) is 0 Å². The molecule has 132 valence electrons. The Hall–Kier alpha value is -2.82. The number of hydrogen-bond acceptors (Lipinski definition) is 3. The number of benzene rings is 2. The van der Waals surface area contributed by atoms with Gasteiger partial charge >= 0.3 is 5.97 Å². The van der Waals surface area contributed by atoms with Gasteiger partial charge < -0.3 is 15.2 Å². The molecule has 2 N–H and O–H groups in total. The number of para-hydroxylation sites is 1. The molecule has 2 aromatic rings. The van der Waals surface area contributed by atoms with Gasteiger partial charge in [-0.25, -0.2) is 0 Å². The van der Waals surface area contributed by atoms with Gasteiger partial charge in [0.2, 0.25) is 0 Å². The molecular formula is C20H23NO4. The van der Waals surface area contributed by atoms with Gasteiger partial charge in [0.25, 0.3) is 5.91 Å². The van der Waals surface area contributed by atoms with Crippen LogP contribution in [0.5, 0.6) is 5.75 Å². The van der Waals surface area contributed by atoms with E-state index in [9.17, 15) is 14.7 Å². The summed E-state index contributed by atoms with van der Waals surface area (Å²) >= 11 is 0. The first-order valence-corrected chi connectivity index (χ1v) is 8.38. The molecule has 0 aromatic heterocycles. The number of ether oxygens (including phenoxy) is 1. The van der Waals surface area contributed by atoms with Crippen LogP contribution in [0.1, 0.15) is 35.7 Å². The third-order valence-electron chi connectivity index (χ3n) is 3.89. The van der Waals surface area contributed by atoms with Gasteiger partial charge in [-0.05, 0) is 24.6 Å². The lowest BCUT2D eigenvalue weighted by Gasteiger charge is -2.14. The standard InChI is InChI=1S/C20H23NO4/c1-2-8-15(20(23)24)13-21-19(22)18-12-7-6-9-16(18)14-25-17-10-4-3-5-11-17/h3-7,9-12,15H,2,8,13-14H2,1H3,(H,21,22)(H,23,24). The maximum atomic E-state index is 12.4. The van der Waals surface area contributed by atoms with Crippen LogP contribution in [-0.4, -0.2) is 23.5 Å². The summed E-state index contributed by atoms with van der Waals surface area (Å²) in [6, 6.07) is 16.5. The van der Waals surface area contributed by atoms with Gasteiger partial charge in [0.15, 0.2) is 0 Å². The number of carboxylic acids is 1. The van der Waals surface area contributed by atoms with E-state index >= 15 is 0 Å². The molecule has 0 bridgehead atoms. The van der Waals surface area contributed by atoms with Crippen LogP contribution in [0.4, 0.5) is 0 Å². The van der Waals surface area contributed by atoms with Crippen molar-refractivity contribution in [3.05, 3.63) is 65.7 Å². The number of amides is 1. The Balaban J connectivity index is 2.01. The molecule has 0 aliphatic rings. The number of hydrogen-bond donors (Lipinski definition) is 2. The zero-order valence-electron chi connectivity index (χ0n) is 14.3. The number of carboxylic acid groups (broad SMARTS) is 1. The molecule has 2 aromatic carbocycles. The number of carbonyl (C=O) groups excluding carboxylic acids is 1. The molecule has 1 atom stereocenters. The summed E-state index contributed by atoms with van der Waals surface area (Å²) in [4.78, 5) is 23.6. The largest absolute Gasteiger partial charge is 0.489 e. The third-order valence-corrected chi connectivity index (χ3v) is 3.89. The van der Waals surface area contributed by atoms with Crippen LogP contribution in [0.25, 0.3) is 0 Å². The maximum Gasteiger partial charge on any atom is 0.308 e. The molecule has 0 fully saturated rings. The Morgan fingerprint density at radius 2 is 1.76 bits per heavy atom. The Morgan fingerprint density at radius 1 is 1.08 bits per heavy atom. The van der Waals surface area contributed by atoms with Crippen LogP contribution in [0.15, 0.2) is 54.6 Å². The number of aliphatic carboxylic acids is 1. The highest BCUT2D eigenvalue weighted by molar-refractivity contribution is 5.95. The minimum atomic E-state index is -0.886. The molecular weight excluding hydrogens is 318 g/mol. The Bertz CT molecular complexity index is 700. The maximum absolute atomic E-state index is 12.4. The van der Waals surface area contributed by atoms with E-state index in [0.29, 0.717) is 12.0 Å². The predicted octanol–water partition coefficient (Wildman–Crippen LogP) is 3.50. The van der Waals surface area contributed by atoms with E-state index in [1.165, 1.54) is 0 Å². The molecule has 0 aliphatic carbocycles. The van der Waals surface area contributed by atoms with Gasteiger partial charge in [-0.2, -0.15) is 0 Å². The summed E-state index contributed by atoms with van der Waals surface area (Å²) in [5.41, 5.74) is 1.25. The van der Waals surface area contributed by atoms with Crippen LogP contribution >= 0.6 is 0 Å². The molecule has 0 saturated carbocycles. The van der Waals surface area contributed by atoms with E-state index in [-0.39, 0.29) is 19.1 Å². The van der Waals surface area contributed by atoms with E-state index in [4.69, 9.17) is 4.74 Å². The average molecular weight is 341 g/mol. The van der Waals surface area contributed by atoms with E-state index in [0.717, 1.165) is 17.7 Å². The number of rotatable bonds is 9. The van der Waals surface area contributed by atoms with Gasteiger partial charge in [-0.1, -0.05) is 49.7 Å². The summed E-state index contributed by atoms with van der Waals surface area (Å²) in [5, 5.41) is 11.9. The van der Waals surface area contributed by atoms with Crippen molar-refractivity contribution in [2.75, 3.05) is 6.54 Å². The minimum absolute atomic E-state index is 0.121. The van der Waals surface area contributed by atoms with Crippen LogP contribution in [0.2, 0.25) is 0 Å². The minimum Gasteiger partial charge on any atom is -0.489 e. The summed E-state index contributed by atoms with van der Waals surface area (Å²) in [6.07, 6.45) is 1.29. The Kier molecular flexibility index (Phi) is 7.01. The first kappa shape index (κ1) is 18.5. The Morgan fingerprint density at radius 3 is 2.44 bits per heavy atom. The van der Waals surface area contributed by atoms with Crippen molar-refractivity contribution in [3.63, 3.8) is 0 Å². The van der Waals surface area contributed by atoms with E-state index in [1.807, 2.05) is 49.4 Å². The summed E-state index contributed by atoms with van der Waals surface area (Å²) < 4.78 is 5.71. The predicted molar refractivity (Wildman–Crippen MR) is 95.6 cm³/mol. The molecule has 0 spiro atoms. The van der Waals surface area contributed by atoms with Crippen molar-refractivity contribution in [3.8, 4) is 5.75 Å². The zero-order valence-corrected chi connectivity index (χ0v) is 14.3. The molecule has 2 rings (SSSR count). The molecule has 5 heteroatoms. The number of nitrogens with one attached hydrogen (secondary N) is 1.